The number of carbonyl (C=O) groups is 1. The number of carbonyl (C=O) groups excluding carboxylic acids is 1. The molecule has 1 aromatic carbocycles. The third kappa shape index (κ3) is 3.62. The van der Waals surface area contributed by atoms with Crippen molar-refractivity contribution in [2.45, 2.75) is 18.9 Å². The van der Waals surface area contributed by atoms with Crippen molar-refractivity contribution in [2.75, 3.05) is 6.61 Å². The van der Waals surface area contributed by atoms with Gasteiger partial charge in [-0.05, 0) is 24.6 Å². The van der Waals surface area contributed by atoms with Gasteiger partial charge in [0.25, 0.3) is 0 Å². The topological polar surface area (TPSA) is 76.1 Å². The minimum Gasteiger partial charge on any atom is -0.462 e. The van der Waals surface area contributed by atoms with Gasteiger partial charge in [-0.1, -0.05) is 6.07 Å². The summed E-state index contributed by atoms with van der Waals surface area (Å²) in [6.45, 7) is 1.17. The van der Waals surface area contributed by atoms with Gasteiger partial charge >= 0.3 is 11.9 Å². The highest BCUT2D eigenvalue weighted by Crippen LogP contribution is 2.31. The number of nitriles is 1. The minimum absolute atomic E-state index is 0. The van der Waals surface area contributed by atoms with E-state index in [-0.39, 0.29) is 24.6 Å². The zero-order valence-corrected chi connectivity index (χ0v) is 11.2. The van der Waals surface area contributed by atoms with Crippen LogP contribution >= 0.6 is 12.4 Å². The van der Waals surface area contributed by atoms with Crippen molar-refractivity contribution >= 4 is 18.4 Å². The van der Waals surface area contributed by atoms with Crippen molar-refractivity contribution in [3.63, 3.8) is 0 Å². The number of ether oxygens (including phenoxy) is 1. The van der Waals surface area contributed by atoms with Gasteiger partial charge < -0.3 is 10.5 Å². The highest BCUT2D eigenvalue weighted by atomic mass is 35.5. The first kappa shape index (κ1) is 18.2. The second-order valence-electron chi connectivity index (χ2n) is 3.67. The lowest BCUT2D eigenvalue weighted by Gasteiger charge is -2.22. The van der Waals surface area contributed by atoms with Crippen molar-refractivity contribution in [3.05, 3.63) is 35.1 Å². The molecule has 0 aromatic heterocycles. The Balaban J connectivity index is 0.00000361. The Kier molecular flexibility index (Phi) is 6.49. The lowest BCUT2D eigenvalue weighted by molar-refractivity contribution is -0.174. The van der Waals surface area contributed by atoms with Crippen LogP contribution in [0.2, 0.25) is 0 Å². The number of rotatable bonds is 4. The lowest BCUT2D eigenvalue weighted by atomic mass is 9.99. The van der Waals surface area contributed by atoms with E-state index in [2.05, 4.69) is 4.74 Å². The van der Waals surface area contributed by atoms with E-state index < -0.39 is 29.3 Å². The Morgan fingerprint density at radius 3 is 2.65 bits per heavy atom. The molecule has 110 valence electrons. The molecule has 1 atom stereocenters. The first-order valence-corrected chi connectivity index (χ1v) is 5.34. The number of nitrogens with two attached hydrogens (primary N) is 1. The van der Waals surface area contributed by atoms with Crippen LogP contribution in [0.4, 0.5) is 13.2 Å². The van der Waals surface area contributed by atoms with E-state index in [1.807, 2.05) is 0 Å². The number of esters is 1. The standard InChI is InChI=1S/C12H11F3N2O2.ClH/c1-2-19-11(18)12(14,15)10(17)7-3-4-9(13)8(5-7)6-16;/h3-5,10H,2,17H2,1H3;1H/t10-;/m1./s1. The SMILES string of the molecule is CCOC(=O)C(F)(F)[C@H](N)c1ccc(F)c(C#N)c1.Cl. The molecule has 0 unspecified atom stereocenters. The Labute approximate surface area is 119 Å². The van der Waals surface area contributed by atoms with E-state index in [9.17, 15) is 18.0 Å². The summed E-state index contributed by atoms with van der Waals surface area (Å²) in [5.41, 5.74) is 4.65. The molecule has 0 heterocycles. The molecule has 2 N–H and O–H groups in total. The molecule has 0 aliphatic carbocycles. The van der Waals surface area contributed by atoms with Crippen LogP contribution in [0.3, 0.4) is 0 Å². The summed E-state index contributed by atoms with van der Waals surface area (Å²) < 4.78 is 44.6. The van der Waals surface area contributed by atoms with Gasteiger partial charge in [0.15, 0.2) is 0 Å². The number of hydrogen-bond donors (Lipinski definition) is 1. The monoisotopic (exact) mass is 308 g/mol. The van der Waals surface area contributed by atoms with Crippen molar-refractivity contribution in [3.8, 4) is 6.07 Å². The van der Waals surface area contributed by atoms with Crippen LogP contribution in [0.1, 0.15) is 24.1 Å². The zero-order chi connectivity index (χ0) is 14.6. The van der Waals surface area contributed by atoms with Crippen molar-refractivity contribution in [1.82, 2.24) is 0 Å². The molecule has 0 radical (unpaired) electrons. The van der Waals surface area contributed by atoms with Crippen LogP contribution in [-0.2, 0) is 9.53 Å². The molecular weight excluding hydrogens is 297 g/mol. The average molecular weight is 309 g/mol. The summed E-state index contributed by atoms with van der Waals surface area (Å²) >= 11 is 0. The average Bonchev–Trinajstić information content (AvgIpc) is 2.38. The molecule has 20 heavy (non-hydrogen) atoms. The third-order valence-corrected chi connectivity index (χ3v) is 2.41. The number of nitrogens with zero attached hydrogens (tertiary/aromatic N) is 1. The summed E-state index contributed by atoms with van der Waals surface area (Å²) in [5.74, 6) is -6.57. The van der Waals surface area contributed by atoms with Crippen LogP contribution in [-0.4, -0.2) is 18.5 Å². The van der Waals surface area contributed by atoms with E-state index in [4.69, 9.17) is 11.0 Å². The quantitative estimate of drug-likeness (QED) is 0.866. The number of alkyl halides is 2. The van der Waals surface area contributed by atoms with Crippen LogP contribution in [0.5, 0.6) is 0 Å². The second-order valence-corrected chi connectivity index (χ2v) is 3.67. The molecule has 0 bridgehead atoms. The fourth-order valence-corrected chi connectivity index (χ4v) is 1.39. The van der Waals surface area contributed by atoms with Gasteiger partial charge in [0.05, 0.1) is 12.2 Å². The van der Waals surface area contributed by atoms with Crippen molar-refractivity contribution in [1.29, 1.82) is 5.26 Å². The highest BCUT2D eigenvalue weighted by Gasteiger charge is 2.47. The van der Waals surface area contributed by atoms with Crippen LogP contribution in [0.15, 0.2) is 18.2 Å². The molecule has 0 spiro atoms. The fraction of sp³-hybridized carbons (Fsp3) is 0.333. The van der Waals surface area contributed by atoms with Gasteiger partial charge in [-0.3, -0.25) is 0 Å². The van der Waals surface area contributed by atoms with E-state index in [0.29, 0.717) is 0 Å². The van der Waals surface area contributed by atoms with E-state index in [1.165, 1.54) is 13.0 Å². The molecule has 0 fully saturated rings. The van der Waals surface area contributed by atoms with Crippen molar-refractivity contribution in [2.24, 2.45) is 5.73 Å². The summed E-state index contributed by atoms with van der Waals surface area (Å²) in [6, 6.07) is 2.21. The smallest absolute Gasteiger partial charge is 0.379 e. The zero-order valence-electron chi connectivity index (χ0n) is 10.4. The van der Waals surface area contributed by atoms with E-state index in [0.717, 1.165) is 18.2 Å². The molecule has 0 saturated carbocycles. The normalized spacial score (nSPS) is 12.0. The number of hydrogen-bond acceptors (Lipinski definition) is 4. The molecule has 0 aliphatic rings. The number of halogens is 4. The van der Waals surface area contributed by atoms with E-state index >= 15 is 0 Å². The summed E-state index contributed by atoms with van der Waals surface area (Å²) in [4.78, 5) is 11.1. The maximum Gasteiger partial charge on any atom is 0.379 e. The van der Waals surface area contributed by atoms with Gasteiger partial charge in [-0.25, -0.2) is 9.18 Å². The molecular formula is C12H12ClF3N2O2. The van der Waals surface area contributed by atoms with Gasteiger partial charge in [0, 0.05) is 0 Å². The van der Waals surface area contributed by atoms with Crippen LogP contribution in [0, 0.1) is 17.1 Å². The Hall–Kier alpha value is -1.78. The highest BCUT2D eigenvalue weighted by molar-refractivity contribution is 5.85. The van der Waals surface area contributed by atoms with Gasteiger partial charge in [-0.2, -0.15) is 14.0 Å². The van der Waals surface area contributed by atoms with Crippen molar-refractivity contribution < 1.29 is 22.7 Å². The van der Waals surface area contributed by atoms with E-state index in [1.54, 1.807) is 0 Å². The maximum atomic E-state index is 13.6. The first-order chi connectivity index (χ1) is 8.84. The fourth-order valence-electron chi connectivity index (χ4n) is 1.39. The van der Waals surface area contributed by atoms with Gasteiger partial charge in [0.1, 0.15) is 17.9 Å². The summed E-state index contributed by atoms with van der Waals surface area (Å²) in [6.07, 6.45) is 0. The van der Waals surface area contributed by atoms with Crippen LogP contribution in [0.25, 0.3) is 0 Å². The van der Waals surface area contributed by atoms with Gasteiger partial charge in [-0.15, -0.1) is 12.4 Å². The predicted molar refractivity (Wildman–Crippen MR) is 66.9 cm³/mol. The predicted octanol–water partition coefficient (Wildman–Crippen LogP) is 2.32. The lowest BCUT2D eigenvalue weighted by Crippen LogP contribution is -2.41. The third-order valence-electron chi connectivity index (χ3n) is 2.41. The minimum atomic E-state index is -3.96. The molecule has 0 aliphatic heterocycles. The summed E-state index contributed by atoms with van der Waals surface area (Å²) in [7, 11) is 0. The molecule has 0 saturated heterocycles. The number of benzene rings is 1. The Morgan fingerprint density at radius 1 is 1.55 bits per heavy atom. The second kappa shape index (κ2) is 7.12. The Morgan fingerprint density at radius 2 is 2.15 bits per heavy atom. The molecule has 0 amide bonds. The van der Waals surface area contributed by atoms with Gasteiger partial charge in [0.2, 0.25) is 0 Å². The molecule has 4 nitrogen and oxygen atoms in total. The largest absolute Gasteiger partial charge is 0.462 e. The molecule has 1 rings (SSSR count). The summed E-state index contributed by atoms with van der Waals surface area (Å²) in [5, 5.41) is 8.61. The Bertz CT molecular complexity index is 532. The maximum absolute atomic E-state index is 13.6. The molecule has 8 heteroatoms. The first-order valence-electron chi connectivity index (χ1n) is 5.34. The van der Waals surface area contributed by atoms with Crippen LogP contribution < -0.4 is 5.73 Å². The molecule has 1 aromatic rings.